The quantitative estimate of drug-likeness (QED) is 0.0241. The van der Waals surface area contributed by atoms with Crippen LogP contribution in [0.3, 0.4) is 0 Å². The zero-order valence-corrected chi connectivity index (χ0v) is 33.9. The summed E-state index contributed by atoms with van der Waals surface area (Å²) >= 11 is 0. The van der Waals surface area contributed by atoms with Crippen molar-refractivity contribution in [3.63, 3.8) is 0 Å². The summed E-state index contributed by atoms with van der Waals surface area (Å²) in [5.74, 6) is -0.997. The topological polar surface area (TPSA) is 149 Å². The number of hydrogen-bond donors (Lipinski definition) is 3. The minimum absolute atomic E-state index is 0.127. The van der Waals surface area contributed by atoms with E-state index < -0.39 is 51.8 Å². The molecule has 0 bridgehead atoms. The van der Waals surface area contributed by atoms with E-state index in [4.69, 9.17) is 19.1 Å². The van der Waals surface area contributed by atoms with Gasteiger partial charge in [-0.15, -0.1) is 0 Å². The molecule has 0 heterocycles. The molecule has 0 aromatic carbocycles. The van der Waals surface area contributed by atoms with Gasteiger partial charge in [-0.05, 0) is 77.0 Å². The Morgan fingerprint density at radius 3 is 1.62 bits per heavy atom. The normalized spacial score (nSPS) is 14.6. The Kier molecular flexibility index (Phi) is 36.3. The summed E-state index contributed by atoms with van der Waals surface area (Å²) in [6.45, 7) is 2.18. The van der Waals surface area contributed by atoms with Crippen molar-refractivity contribution in [2.45, 2.75) is 167 Å². The van der Waals surface area contributed by atoms with Crippen molar-refractivity contribution < 1.29 is 47.8 Å². The molecule has 53 heavy (non-hydrogen) atoms. The van der Waals surface area contributed by atoms with Gasteiger partial charge in [0.2, 0.25) is 0 Å². The van der Waals surface area contributed by atoms with Crippen LogP contribution in [0.4, 0.5) is 0 Å². The van der Waals surface area contributed by atoms with Gasteiger partial charge in [-0.2, -0.15) is 0 Å². The minimum atomic E-state index is -4.63. The number of esters is 2. The molecule has 0 rings (SSSR count). The van der Waals surface area contributed by atoms with Crippen molar-refractivity contribution >= 4 is 19.8 Å². The average molecular weight is 769 g/mol. The van der Waals surface area contributed by atoms with E-state index in [1.165, 1.54) is 51.4 Å². The number of phosphoric acid groups is 1. The van der Waals surface area contributed by atoms with Crippen LogP contribution in [-0.4, -0.2) is 65.7 Å². The van der Waals surface area contributed by atoms with Gasteiger partial charge in [0.1, 0.15) is 12.7 Å². The third-order valence-electron chi connectivity index (χ3n) is 8.16. The summed E-state index contributed by atoms with van der Waals surface area (Å²) in [6.07, 6.45) is 40.5. The van der Waals surface area contributed by atoms with Crippen LogP contribution in [0.15, 0.2) is 60.8 Å². The van der Waals surface area contributed by atoms with Gasteiger partial charge in [0, 0.05) is 12.8 Å². The molecule has 0 saturated heterocycles. The number of phosphoric ester groups is 1. The molecule has 0 aliphatic carbocycles. The number of hydrogen-bond acceptors (Lipinski definition) is 9. The van der Waals surface area contributed by atoms with Crippen LogP contribution in [-0.2, 0) is 32.7 Å². The largest absolute Gasteiger partial charge is 0.472 e. The summed E-state index contributed by atoms with van der Waals surface area (Å²) in [5, 5.41) is 18.3. The molecular weight excluding hydrogens is 695 g/mol. The maximum absolute atomic E-state index is 12.6. The molecule has 0 aliphatic rings. The Labute approximate surface area is 321 Å². The van der Waals surface area contributed by atoms with E-state index in [-0.39, 0.29) is 19.4 Å². The van der Waals surface area contributed by atoms with Crippen LogP contribution in [0.1, 0.15) is 155 Å². The summed E-state index contributed by atoms with van der Waals surface area (Å²) in [6, 6.07) is 0. The van der Waals surface area contributed by atoms with Crippen molar-refractivity contribution in [3.8, 4) is 0 Å². The summed E-state index contributed by atoms with van der Waals surface area (Å²) < 4.78 is 32.6. The average Bonchev–Trinajstić information content (AvgIpc) is 3.14. The fourth-order valence-electron chi connectivity index (χ4n) is 5.04. The predicted octanol–water partition coefficient (Wildman–Crippen LogP) is 10.3. The number of ether oxygens (including phenoxy) is 2. The van der Waals surface area contributed by atoms with Gasteiger partial charge in [-0.25, -0.2) is 4.57 Å². The number of rotatable bonds is 37. The van der Waals surface area contributed by atoms with E-state index in [0.717, 1.165) is 64.2 Å². The summed E-state index contributed by atoms with van der Waals surface area (Å²) in [5.41, 5.74) is 0. The highest BCUT2D eigenvalue weighted by molar-refractivity contribution is 7.47. The molecule has 0 aliphatic heterocycles. The molecule has 0 amide bonds. The second-order valence-electron chi connectivity index (χ2n) is 13.3. The van der Waals surface area contributed by atoms with Crippen molar-refractivity contribution in [1.29, 1.82) is 0 Å². The maximum atomic E-state index is 12.6. The number of allylic oxidation sites excluding steroid dienone is 10. The van der Waals surface area contributed by atoms with Crippen molar-refractivity contribution in [2.24, 2.45) is 0 Å². The molecule has 306 valence electrons. The number of aliphatic hydroxyl groups is 2. The molecule has 1 unspecified atom stereocenters. The van der Waals surface area contributed by atoms with Gasteiger partial charge < -0.3 is 24.6 Å². The van der Waals surface area contributed by atoms with Crippen LogP contribution < -0.4 is 0 Å². The number of unbranched alkanes of at least 4 members (excludes halogenated alkanes) is 13. The molecule has 10 nitrogen and oxygen atoms in total. The van der Waals surface area contributed by atoms with Gasteiger partial charge in [0.05, 0.1) is 19.8 Å². The van der Waals surface area contributed by atoms with Crippen molar-refractivity contribution in [3.05, 3.63) is 60.8 Å². The zero-order chi connectivity index (χ0) is 39.1. The van der Waals surface area contributed by atoms with E-state index in [2.05, 4.69) is 79.1 Å². The van der Waals surface area contributed by atoms with Crippen LogP contribution >= 0.6 is 7.82 Å². The minimum Gasteiger partial charge on any atom is -0.462 e. The number of aliphatic hydroxyl groups excluding tert-OH is 2. The Bertz CT molecular complexity index is 1070. The van der Waals surface area contributed by atoms with Gasteiger partial charge in [-0.1, -0.05) is 126 Å². The smallest absolute Gasteiger partial charge is 0.462 e. The van der Waals surface area contributed by atoms with Gasteiger partial charge in [-0.3, -0.25) is 18.6 Å². The van der Waals surface area contributed by atoms with E-state index in [0.29, 0.717) is 12.8 Å². The molecule has 0 spiro atoms. The fourth-order valence-corrected chi connectivity index (χ4v) is 5.83. The van der Waals surface area contributed by atoms with E-state index in [1.807, 2.05) is 0 Å². The number of carbonyl (C=O) groups excluding carboxylic acids is 2. The van der Waals surface area contributed by atoms with Crippen LogP contribution in [0.5, 0.6) is 0 Å². The van der Waals surface area contributed by atoms with E-state index in [9.17, 15) is 24.2 Å². The molecule has 0 saturated carbocycles. The van der Waals surface area contributed by atoms with Gasteiger partial charge in [0.15, 0.2) is 6.10 Å². The van der Waals surface area contributed by atoms with Crippen LogP contribution in [0, 0.1) is 0 Å². The molecule has 0 aromatic rings. The summed E-state index contributed by atoms with van der Waals surface area (Å²) in [7, 11) is -4.63. The van der Waals surface area contributed by atoms with Gasteiger partial charge >= 0.3 is 19.8 Å². The zero-order valence-electron chi connectivity index (χ0n) is 33.0. The highest BCUT2D eigenvalue weighted by Crippen LogP contribution is 2.43. The van der Waals surface area contributed by atoms with Crippen LogP contribution in [0.25, 0.3) is 0 Å². The maximum Gasteiger partial charge on any atom is 0.472 e. The second kappa shape index (κ2) is 38.0. The molecule has 3 N–H and O–H groups in total. The highest BCUT2D eigenvalue weighted by Gasteiger charge is 2.27. The molecule has 0 radical (unpaired) electrons. The third-order valence-corrected chi connectivity index (χ3v) is 9.11. The van der Waals surface area contributed by atoms with Crippen molar-refractivity contribution in [1.82, 2.24) is 0 Å². The molecular formula is C42H73O10P. The third kappa shape index (κ3) is 37.8. The van der Waals surface area contributed by atoms with Crippen LogP contribution in [0.2, 0.25) is 0 Å². The monoisotopic (exact) mass is 768 g/mol. The van der Waals surface area contributed by atoms with Gasteiger partial charge in [0.25, 0.3) is 0 Å². The lowest BCUT2D eigenvalue weighted by Crippen LogP contribution is -2.29. The lowest BCUT2D eigenvalue weighted by molar-refractivity contribution is -0.161. The SMILES string of the molecule is CC/C=C/C/C=C/C/C=C/C/C=C/CCCCC(=O)O[C@H](COC(=O)CCCCC/C=C/CCCCCCCCCC)COP(=O)(O)OC[C@@H](O)CO. The second-order valence-corrected chi connectivity index (χ2v) is 14.7. The Hall–Kier alpha value is -2.33. The molecule has 3 atom stereocenters. The Morgan fingerprint density at radius 1 is 0.585 bits per heavy atom. The first-order valence-electron chi connectivity index (χ1n) is 20.2. The standard InChI is InChI=1S/C42H73O10P/c1-3-5-7-9-11-13-15-17-19-21-23-25-27-29-31-33-41(45)49-37-40(38-51-53(47,48)50-36-39(44)35-43)52-42(46)34-32-30-28-26-24-22-20-18-16-14-12-10-8-6-4-2/h6,8,12,14,18,20-21,23-24,26,39-40,43-44H,3-5,7,9-11,13,15-17,19,22,25,27-38H2,1-2H3,(H,47,48)/b8-6+,14-12+,20-18+,23-21+,26-24+/t39-,40+/m0/s1. The first-order chi connectivity index (χ1) is 25.7. The lowest BCUT2D eigenvalue weighted by Gasteiger charge is -2.20. The molecule has 0 aromatic heterocycles. The first-order valence-corrected chi connectivity index (χ1v) is 21.7. The fraction of sp³-hybridized carbons (Fsp3) is 0.714. The highest BCUT2D eigenvalue weighted by atomic mass is 31.2. The lowest BCUT2D eigenvalue weighted by atomic mass is 10.1. The Morgan fingerprint density at radius 2 is 1.04 bits per heavy atom. The summed E-state index contributed by atoms with van der Waals surface area (Å²) in [4.78, 5) is 34.9. The predicted molar refractivity (Wildman–Crippen MR) is 214 cm³/mol. The van der Waals surface area contributed by atoms with E-state index in [1.54, 1.807) is 0 Å². The number of carbonyl (C=O) groups is 2. The Balaban J connectivity index is 4.44. The first kappa shape index (κ1) is 50.7. The molecule has 0 fully saturated rings. The molecule has 11 heteroatoms. The van der Waals surface area contributed by atoms with E-state index >= 15 is 0 Å². The van der Waals surface area contributed by atoms with Crippen molar-refractivity contribution in [2.75, 3.05) is 26.4 Å².